The third-order valence-electron chi connectivity index (χ3n) is 3.15. The first kappa shape index (κ1) is 15.8. The van der Waals surface area contributed by atoms with Crippen LogP contribution in [0.2, 0.25) is 0 Å². The number of carbonyl (C=O) groups is 1. The molecule has 0 aliphatic carbocycles. The van der Waals surface area contributed by atoms with Crippen LogP contribution in [0.1, 0.15) is 17.2 Å². The van der Waals surface area contributed by atoms with Crippen molar-refractivity contribution in [3.63, 3.8) is 0 Å². The highest BCUT2D eigenvalue weighted by atomic mass is 19.1. The molecular formula is C16H16FNO4. The van der Waals surface area contributed by atoms with Crippen LogP contribution in [-0.4, -0.2) is 18.2 Å². The smallest absolute Gasteiger partial charge is 0.325 e. The lowest BCUT2D eigenvalue weighted by Gasteiger charge is -2.14. The predicted octanol–water partition coefficient (Wildman–Crippen LogP) is 2.50. The van der Waals surface area contributed by atoms with E-state index >= 15 is 0 Å². The Kier molecular flexibility index (Phi) is 4.95. The van der Waals surface area contributed by atoms with Crippen LogP contribution in [-0.2, 0) is 11.4 Å². The number of aliphatic carboxylic acids is 1. The lowest BCUT2D eigenvalue weighted by Crippen LogP contribution is -2.20. The molecule has 0 spiro atoms. The monoisotopic (exact) mass is 305 g/mol. The van der Waals surface area contributed by atoms with Crippen LogP contribution in [0, 0.1) is 5.82 Å². The van der Waals surface area contributed by atoms with Crippen molar-refractivity contribution in [1.29, 1.82) is 0 Å². The molecule has 6 heteroatoms. The molecular weight excluding hydrogens is 289 g/mol. The average molecular weight is 305 g/mol. The summed E-state index contributed by atoms with van der Waals surface area (Å²) in [5.74, 6) is -0.803. The van der Waals surface area contributed by atoms with E-state index in [2.05, 4.69) is 0 Å². The lowest BCUT2D eigenvalue weighted by atomic mass is 10.1. The zero-order valence-electron chi connectivity index (χ0n) is 12.0. The van der Waals surface area contributed by atoms with Crippen LogP contribution in [0.15, 0.2) is 42.5 Å². The minimum absolute atomic E-state index is 0.00516. The zero-order valence-corrected chi connectivity index (χ0v) is 12.0. The number of ether oxygens (including phenoxy) is 2. The fourth-order valence-electron chi connectivity index (χ4n) is 1.91. The molecule has 0 bridgehead atoms. The second-order valence-electron chi connectivity index (χ2n) is 4.61. The second kappa shape index (κ2) is 6.91. The van der Waals surface area contributed by atoms with E-state index < -0.39 is 12.0 Å². The summed E-state index contributed by atoms with van der Waals surface area (Å²) in [6, 6.07) is 9.67. The zero-order chi connectivity index (χ0) is 16.1. The summed E-state index contributed by atoms with van der Waals surface area (Å²) in [6.07, 6.45) is 0. The molecule has 0 amide bonds. The predicted molar refractivity (Wildman–Crippen MR) is 78.3 cm³/mol. The third-order valence-corrected chi connectivity index (χ3v) is 3.15. The van der Waals surface area contributed by atoms with Gasteiger partial charge in [-0.1, -0.05) is 24.3 Å². The van der Waals surface area contributed by atoms with Crippen molar-refractivity contribution < 1.29 is 23.8 Å². The SMILES string of the molecule is COc1ccc([C@H](N)C(=O)O)cc1OCc1ccccc1F. The molecule has 0 heterocycles. The van der Waals surface area contributed by atoms with Crippen LogP contribution in [0.3, 0.4) is 0 Å². The summed E-state index contributed by atoms with van der Waals surface area (Å²) in [6.45, 7) is -0.00516. The fraction of sp³-hybridized carbons (Fsp3) is 0.188. The van der Waals surface area contributed by atoms with Gasteiger partial charge in [0.25, 0.3) is 0 Å². The van der Waals surface area contributed by atoms with Crippen molar-refractivity contribution in [1.82, 2.24) is 0 Å². The largest absolute Gasteiger partial charge is 0.493 e. The topological polar surface area (TPSA) is 81.8 Å². The lowest BCUT2D eigenvalue weighted by molar-refractivity contribution is -0.138. The first-order valence-corrected chi connectivity index (χ1v) is 6.55. The van der Waals surface area contributed by atoms with Crippen molar-refractivity contribution >= 4 is 5.97 Å². The minimum Gasteiger partial charge on any atom is -0.493 e. The minimum atomic E-state index is -1.17. The van der Waals surface area contributed by atoms with Crippen molar-refractivity contribution in [2.24, 2.45) is 5.73 Å². The number of methoxy groups -OCH3 is 1. The number of carboxylic acids is 1. The summed E-state index contributed by atoms with van der Waals surface area (Å²) in [5.41, 5.74) is 6.33. The van der Waals surface area contributed by atoms with Crippen LogP contribution in [0.5, 0.6) is 11.5 Å². The standard InChI is InChI=1S/C16H16FNO4/c1-21-13-7-6-10(15(18)16(19)20)8-14(13)22-9-11-4-2-3-5-12(11)17/h2-8,15H,9,18H2,1H3,(H,19,20)/t15-/m0/s1. The van der Waals surface area contributed by atoms with Gasteiger partial charge in [0.1, 0.15) is 18.5 Å². The van der Waals surface area contributed by atoms with Gasteiger partial charge in [-0.2, -0.15) is 0 Å². The van der Waals surface area contributed by atoms with E-state index in [-0.39, 0.29) is 12.4 Å². The Hall–Kier alpha value is -2.60. The van der Waals surface area contributed by atoms with E-state index in [0.29, 0.717) is 22.6 Å². The van der Waals surface area contributed by atoms with Crippen LogP contribution >= 0.6 is 0 Å². The van der Waals surface area contributed by atoms with E-state index in [1.54, 1.807) is 30.3 Å². The van der Waals surface area contributed by atoms with Crippen molar-refractivity contribution in [2.45, 2.75) is 12.6 Å². The quantitative estimate of drug-likeness (QED) is 0.857. The molecule has 22 heavy (non-hydrogen) atoms. The molecule has 0 aromatic heterocycles. The summed E-state index contributed by atoms with van der Waals surface area (Å²) in [7, 11) is 1.46. The molecule has 0 unspecified atom stereocenters. The highest BCUT2D eigenvalue weighted by Crippen LogP contribution is 2.30. The highest BCUT2D eigenvalue weighted by Gasteiger charge is 2.17. The maximum Gasteiger partial charge on any atom is 0.325 e. The fourth-order valence-corrected chi connectivity index (χ4v) is 1.91. The van der Waals surface area contributed by atoms with Gasteiger partial charge in [-0.25, -0.2) is 4.39 Å². The van der Waals surface area contributed by atoms with E-state index in [0.717, 1.165) is 0 Å². The Labute approximate surface area is 127 Å². The first-order chi connectivity index (χ1) is 10.5. The van der Waals surface area contributed by atoms with E-state index in [1.807, 2.05) is 0 Å². The molecule has 0 aliphatic rings. The van der Waals surface area contributed by atoms with Gasteiger partial charge < -0.3 is 20.3 Å². The maximum absolute atomic E-state index is 13.6. The number of halogens is 1. The number of carboxylic acid groups (broad SMARTS) is 1. The Morgan fingerprint density at radius 2 is 2.00 bits per heavy atom. The van der Waals surface area contributed by atoms with Crippen LogP contribution in [0.25, 0.3) is 0 Å². The van der Waals surface area contributed by atoms with E-state index in [4.69, 9.17) is 20.3 Å². The normalized spacial score (nSPS) is 11.8. The molecule has 2 rings (SSSR count). The molecule has 3 N–H and O–H groups in total. The van der Waals surface area contributed by atoms with Gasteiger partial charge in [0.15, 0.2) is 11.5 Å². The van der Waals surface area contributed by atoms with Gasteiger partial charge in [0.05, 0.1) is 7.11 Å². The molecule has 2 aromatic rings. The van der Waals surface area contributed by atoms with E-state index in [1.165, 1.54) is 19.2 Å². The van der Waals surface area contributed by atoms with E-state index in [9.17, 15) is 9.18 Å². The van der Waals surface area contributed by atoms with Gasteiger partial charge in [-0.15, -0.1) is 0 Å². The molecule has 0 aliphatic heterocycles. The third kappa shape index (κ3) is 3.53. The first-order valence-electron chi connectivity index (χ1n) is 6.55. The van der Waals surface area contributed by atoms with Crippen LogP contribution < -0.4 is 15.2 Å². The molecule has 0 saturated heterocycles. The molecule has 116 valence electrons. The van der Waals surface area contributed by atoms with Crippen molar-refractivity contribution in [3.8, 4) is 11.5 Å². The molecule has 0 fully saturated rings. The Bertz CT molecular complexity index is 675. The van der Waals surface area contributed by atoms with Gasteiger partial charge in [-0.3, -0.25) is 4.79 Å². The molecule has 2 aromatic carbocycles. The van der Waals surface area contributed by atoms with Crippen LogP contribution in [0.4, 0.5) is 4.39 Å². The molecule has 0 radical (unpaired) electrons. The molecule has 0 saturated carbocycles. The number of nitrogens with two attached hydrogens (primary N) is 1. The number of rotatable bonds is 6. The highest BCUT2D eigenvalue weighted by molar-refractivity contribution is 5.75. The number of hydrogen-bond acceptors (Lipinski definition) is 4. The second-order valence-corrected chi connectivity index (χ2v) is 4.61. The summed E-state index contributed by atoms with van der Waals surface area (Å²) >= 11 is 0. The van der Waals surface area contributed by atoms with Gasteiger partial charge >= 0.3 is 5.97 Å². The van der Waals surface area contributed by atoms with Gasteiger partial charge in [-0.05, 0) is 23.8 Å². The van der Waals surface area contributed by atoms with Crippen molar-refractivity contribution in [2.75, 3.05) is 7.11 Å². The maximum atomic E-state index is 13.6. The Balaban J connectivity index is 2.23. The van der Waals surface area contributed by atoms with Gasteiger partial charge in [0, 0.05) is 5.56 Å². The summed E-state index contributed by atoms with van der Waals surface area (Å²) in [4.78, 5) is 10.9. The Morgan fingerprint density at radius 1 is 1.27 bits per heavy atom. The Morgan fingerprint density at radius 3 is 2.64 bits per heavy atom. The number of hydrogen-bond donors (Lipinski definition) is 2. The number of benzene rings is 2. The van der Waals surface area contributed by atoms with Crippen molar-refractivity contribution in [3.05, 3.63) is 59.4 Å². The average Bonchev–Trinajstić information content (AvgIpc) is 2.53. The summed E-state index contributed by atoms with van der Waals surface area (Å²) in [5, 5.41) is 8.95. The summed E-state index contributed by atoms with van der Waals surface area (Å²) < 4.78 is 24.3. The van der Waals surface area contributed by atoms with Gasteiger partial charge in [0.2, 0.25) is 0 Å². The molecule has 5 nitrogen and oxygen atoms in total. The molecule has 1 atom stereocenters.